The molecule has 0 aromatic heterocycles. The van der Waals surface area contributed by atoms with Crippen LogP contribution in [-0.4, -0.2) is 30.9 Å². The molecule has 6 heteroatoms. The number of hydrogen-bond donors (Lipinski definition) is 1. The zero-order chi connectivity index (χ0) is 23.1. The molecular weight excluding hydrogens is 404 g/mol. The van der Waals surface area contributed by atoms with Gasteiger partial charge in [-0.25, -0.2) is 0 Å². The number of nitrogens with one attached hydrogen (secondary N) is 1. The normalized spacial score (nSPS) is 11.4. The van der Waals surface area contributed by atoms with Crippen LogP contribution in [0.1, 0.15) is 41.4 Å². The van der Waals surface area contributed by atoms with Gasteiger partial charge in [-0.3, -0.25) is 9.59 Å². The van der Waals surface area contributed by atoms with Crippen molar-refractivity contribution in [2.75, 3.05) is 19.5 Å². The van der Waals surface area contributed by atoms with Crippen molar-refractivity contribution in [2.24, 2.45) is 0 Å². The highest BCUT2D eigenvalue weighted by atomic mass is 16.5. The highest BCUT2D eigenvalue weighted by molar-refractivity contribution is 5.97. The van der Waals surface area contributed by atoms with Crippen LogP contribution < -0.4 is 14.8 Å². The van der Waals surface area contributed by atoms with E-state index in [1.165, 1.54) is 14.0 Å². The molecule has 1 unspecified atom stereocenters. The molecule has 0 spiro atoms. The summed E-state index contributed by atoms with van der Waals surface area (Å²) in [5, 5.41) is 2.80. The molecule has 3 rings (SSSR count). The molecule has 0 bridgehead atoms. The van der Waals surface area contributed by atoms with E-state index in [1.807, 2.05) is 61.5 Å². The second-order valence-electron chi connectivity index (χ2n) is 7.47. The van der Waals surface area contributed by atoms with E-state index in [1.54, 1.807) is 30.2 Å². The summed E-state index contributed by atoms with van der Waals surface area (Å²) in [4.78, 5) is 27.0. The van der Waals surface area contributed by atoms with E-state index < -0.39 is 0 Å². The predicted octanol–water partition coefficient (Wildman–Crippen LogP) is 5.07. The lowest BCUT2D eigenvalue weighted by molar-refractivity contribution is -0.114. The van der Waals surface area contributed by atoms with Gasteiger partial charge >= 0.3 is 0 Å². The van der Waals surface area contributed by atoms with Crippen molar-refractivity contribution in [3.05, 3.63) is 89.5 Å². The van der Waals surface area contributed by atoms with Gasteiger partial charge in [0.25, 0.3) is 5.91 Å². The zero-order valence-corrected chi connectivity index (χ0v) is 18.8. The van der Waals surface area contributed by atoms with Crippen molar-refractivity contribution in [2.45, 2.75) is 26.4 Å². The summed E-state index contributed by atoms with van der Waals surface area (Å²) in [6, 6.07) is 22.3. The first-order chi connectivity index (χ1) is 15.4. The smallest absolute Gasteiger partial charge is 0.258 e. The van der Waals surface area contributed by atoms with Crippen LogP contribution in [0.15, 0.2) is 72.8 Å². The Morgan fingerprint density at radius 2 is 1.69 bits per heavy atom. The Hall–Kier alpha value is -3.80. The van der Waals surface area contributed by atoms with Crippen LogP contribution in [0.4, 0.5) is 5.69 Å². The van der Waals surface area contributed by atoms with Gasteiger partial charge in [0.05, 0.1) is 25.8 Å². The number of nitrogens with zero attached hydrogens (tertiary/aromatic N) is 1. The van der Waals surface area contributed by atoms with Gasteiger partial charge in [-0.1, -0.05) is 42.5 Å². The van der Waals surface area contributed by atoms with Crippen molar-refractivity contribution >= 4 is 17.5 Å². The Labute approximate surface area is 188 Å². The van der Waals surface area contributed by atoms with Crippen LogP contribution >= 0.6 is 0 Å². The van der Waals surface area contributed by atoms with E-state index in [0.717, 1.165) is 11.1 Å². The second-order valence-corrected chi connectivity index (χ2v) is 7.47. The third-order valence-electron chi connectivity index (χ3n) is 5.25. The van der Waals surface area contributed by atoms with Crippen molar-refractivity contribution < 1.29 is 19.1 Å². The summed E-state index contributed by atoms with van der Waals surface area (Å²) in [6.07, 6.45) is 0. The monoisotopic (exact) mass is 432 g/mol. The summed E-state index contributed by atoms with van der Waals surface area (Å²) in [5.74, 6) is 0.761. The number of ether oxygens (including phenoxy) is 2. The number of benzene rings is 3. The third-order valence-corrected chi connectivity index (χ3v) is 5.25. The number of carbonyl (C=O) groups is 2. The quantitative estimate of drug-likeness (QED) is 0.540. The highest BCUT2D eigenvalue weighted by Crippen LogP contribution is 2.31. The minimum absolute atomic E-state index is 0.144. The van der Waals surface area contributed by atoms with E-state index in [9.17, 15) is 9.59 Å². The highest BCUT2D eigenvalue weighted by Gasteiger charge is 2.26. The van der Waals surface area contributed by atoms with E-state index in [0.29, 0.717) is 29.3 Å². The Morgan fingerprint density at radius 3 is 2.34 bits per heavy atom. The largest absolute Gasteiger partial charge is 0.497 e. The lowest BCUT2D eigenvalue weighted by Crippen LogP contribution is -2.33. The van der Waals surface area contributed by atoms with E-state index in [4.69, 9.17) is 9.47 Å². The van der Waals surface area contributed by atoms with Crippen molar-refractivity contribution in [3.63, 3.8) is 0 Å². The van der Waals surface area contributed by atoms with Crippen LogP contribution in [0.25, 0.3) is 0 Å². The van der Waals surface area contributed by atoms with E-state index in [2.05, 4.69) is 5.32 Å². The molecule has 3 aromatic rings. The SMILES string of the molecule is COc1ccc(C(=O)N(Cc2ccccc2)C(C)c2cccc(NC(C)=O)c2)c(OC)c1. The van der Waals surface area contributed by atoms with Gasteiger partial charge in [0.2, 0.25) is 5.91 Å². The summed E-state index contributed by atoms with van der Waals surface area (Å²) >= 11 is 0. The molecule has 2 amide bonds. The molecule has 0 radical (unpaired) electrons. The predicted molar refractivity (Wildman–Crippen MR) is 125 cm³/mol. The standard InChI is InChI=1S/C26H28N2O4/c1-18(21-11-8-12-22(15-21)27-19(2)29)28(17-20-9-6-5-7-10-20)26(30)24-14-13-23(31-3)16-25(24)32-4/h5-16,18H,17H2,1-4H3,(H,27,29). The van der Waals surface area contributed by atoms with Gasteiger partial charge in [-0.2, -0.15) is 0 Å². The van der Waals surface area contributed by atoms with Crippen LogP contribution in [0.5, 0.6) is 11.5 Å². The lowest BCUT2D eigenvalue weighted by atomic mass is 10.0. The first kappa shape index (κ1) is 22.9. The summed E-state index contributed by atoms with van der Waals surface area (Å²) in [5.41, 5.74) is 3.07. The molecule has 0 saturated heterocycles. The fraction of sp³-hybridized carbons (Fsp3) is 0.231. The Morgan fingerprint density at radius 1 is 0.938 bits per heavy atom. The third kappa shape index (κ3) is 5.46. The lowest BCUT2D eigenvalue weighted by Gasteiger charge is -2.31. The minimum atomic E-state index is -0.261. The first-order valence-corrected chi connectivity index (χ1v) is 10.4. The van der Waals surface area contributed by atoms with Crippen LogP contribution in [0.2, 0.25) is 0 Å². The average molecular weight is 433 g/mol. The molecule has 3 aromatic carbocycles. The van der Waals surface area contributed by atoms with Crippen molar-refractivity contribution in [3.8, 4) is 11.5 Å². The molecule has 32 heavy (non-hydrogen) atoms. The maximum absolute atomic E-state index is 13.7. The van der Waals surface area contributed by atoms with Gasteiger partial charge in [0, 0.05) is 25.2 Å². The second kappa shape index (κ2) is 10.5. The van der Waals surface area contributed by atoms with Crippen LogP contribution in [0, 0.1) is 0 Å². The summed E-state index contributed by atoms with van der Waals surface area (Å²) < 4.78 is 10.8. The molecule has 1 atom stereocenters. The fourth-order valence-electron chi connectivity index (χ4n) is 3.55. The first-order valence-electron chi connectivity index (χ1n) is 10.4. The molecule has 0 aliphatic carbocycles. The van der Waals surface area contributed by atoms with E-state index >= 15 is 0 Å². The number of methoxy groups -OCH3 is 2. The molecular formula is C26H28N2O4. The molecule has 0 heterocycles. The maximum Gasteiger partial charge on any atom is 0.258 e. The van der Waals surface area contributed by atoms with Gasteiger partial charge in [0.15, 0.2) is 0 Å². The van der Waals surface area contributed by atoms with Gasteiger partial charge in [0.1, 0.15) is 11.5 Å². The maximum atomic E-state index is 13.7. The molecule has 1 N–H and O–H groups in total. The summed E-state index contributed by atoms with van der Waals surface area (Å²) in [7, 11) is 3.11. The number of hydrogen-bond acceptors (Lipinski definition) is 4. The minimum Gasteiger partial charge on any atom is -0.497 e. The van der Waals surface area contributed by atoms with Gasteiger partial charge < -0.3 is 19.7 Å². The molecule has 6 nitrogen and oxygen atoms in total. The Kier molecular flexibility index (Phi) is 7.49. The number of amides is 2. The molecule has 0 aliphatic rings. The van der Waals surface area contributed by atoms with E-state index in [-0.39, 0.29) is 17.9 Å². The van der Waals surface area contributed by atoms with Crippen LogP contribution in [-0.2, 0) is 11.3 Å². The molecule has 0 aliphatic heterocycles. The van der Waals surface area contributed by atoms with Crippen LogP contribution in [0.3, 0.4) is 0 Å². The molecule has 166 valence electrons. The Balaban J connectivity index is 2.00. The van der Waals surface area contributed by atoms with Gasteiger partial charge in [-0.15, -0.1) is 0 Å². The molecule has 0 saturated carbocycles. The number of rotatable bonds is 8. The topological polar surface area (TPSA) is 67.9 Å². The van der Waals surface area contributed by atoms with Gasteiger partial charge in [-0.05, 0) is 42.3 Å². The summed E-state index contributed by atoms with van der Waals surface area (Å²) in [6.45, 7) is 3.86. The van der Waals surface area contributed by atoms with Crippen molar-refractivity contribution in [1.82, 2.24) is 4.90 Å². The molecule has 0 fully saturated rings. The van der Waals surface area contributed by atoms with Crippen molar-refractivity contribution in [1.29, 1.82) is 0 Å². The Bertz CT molecular complexity index is 1080. The average Bonchev–Trinajstić information content (AvgIpc) is 2.81. The fourth-order valence-corrected chi connectivity index (χ4v) is 3.55. The zero-order valence-electron chi connectivity index (χ0n) is 18.8. The number of anilines is 1. The number of carbonyl (C=O) groups excluding carboxylic acids is 2.